The molecule has 7 heteroatoms. The number of carbonyl (C=O) groups excluding carboxylic acids is 2. The predicted molar refractivity (Wildman–Crippen MR) is 88.4 cm³/mol. The first-order valence-electron chi connectivity index (χ1n) is 7.78. The fraction of sp³-hybridized carbons (Fsp3) is 0.235. The molecule has 0 saturated carbocycles. The summed E-state index contributed by atoms with van der Waals surface area (Å²) in [5, 5.41) is 5.23. The van der Waals surface area contributed by atoms with Gasteiger partial charge in [-0.05, 0) is 11.6 Å². The van der Waals surface area contributed by atoms with E-state index in [1.54, 1.807) is 15.8 Å². The summed E-state index contributed by atoms with van der Waals surface area (Å²) in [5.41, 5.74) is 7.66. The Morgan fingerprint density at radius 1 is 1.29 bits per heavy atom. The van der Waals surface area contributed by atoms with E-state index in [9.17, 15) is 9.59 Å². The molecule has 2 aromatic heterocycles. The Morgan fingerprint density at radius 3 is 2.83 bits per heavy atom. The van der Waals surface area contributed by atoms with E-state index in [0.717, 1.165) is 16.5 Å². The van der Waals surface area contributed by atoms with Gasteiger partial charge in [0, 0.05) is 36.4 Å². The molecule has 4 rings (SSSR count). The number of aromatic amines is 1. The molecule has 1 aliphatic rings. The Labute approximate surface area is 138 Å². The van der Waals surface area contributed by atoms with Crippen molar-refractivity contribution in [2.45, 2.75) is 12.5 Å². The number of amides is 2. The van der Waals surface area contributed by atoms with Crippen molar-refractivity contribution in [3.05, 3.63) is 54.0 Å². The number of nitrogens with zero attached hydrogens (tertiary/aromatic N) is 3. The van der Waals surface area contributed by atoms with Gasteiger partial charge in [-0.15, -0.1) is 0 Å². The molecule has 0 spiro atoms. The van der Waals surface area contributed by atoms with Gasteiger partial charge in [0.05, 0.1) is 24.2 Å². The molecule has 1 fully saturated rings. The van der Waals surface area contributed by atoms with Gasteiger partial charge in [-0.2, -0.15) is 5.10 Å². The first kappa shape index (κ1) is 14.5. The van der Waals surface area contributed by atoms with Crippen LogP contribution in [0.4, 0.5) is 0 Å². The third kappa shape index (κ3) is 2.44. The molecule has 24 heavy (non-hydrogen) atoms. The fourth-order valence-electron chi connectivity index (χ4n) is 3.04. The largest absolute Gasteiger partial charge is 0.366 e. The molecule has 1 aliphatic heterocycles. The van der Waals surface area contributed by atoms with Crippen LogP contribution in [0.15, 0.2) is 42.9 Å². The summed E-state index contributed by atoms with van der Waals surface area (Å²) < 4.78 is 1.70. The molecule has 2 amide bonds. The molecule has 7 nitrogen and oxygen atoms in total. The van der Waals surface area contributed by atoms with Crippen LogP contribution in [-0.2, 0) is 11.2 Å². The lowest BCUT2D eigenvalue weighted by atomic mass is 10.1. The van der Waals surface area contributed by atoms with E-state index in [4.69, 9.17) is 5.73 Å². The molecule has 0 radical (unpaired) electrons. The predicted octanol–water partition coefficient (Wildman–Crippen LogP) is 1.09. The molecule has 0 atom stereocenters. The van der Waals surface area contributed by atoms with Gasteiger partial charge in [0.25, 0.3) is 5.91 Å². The lowest BCUT2D eigenvalue weighted by Gasteiger charge is -2.39. The van der Waals surface area contributed by atoms with Gasteiger partial charge >= 0.3 is 0 Å². The van der Waals surface area contributed by atoms with Crippen LogP contribution in [0.1, 0.15) is 22.0 Å². The third-order valence-corrected chi connectivity index (χ3v) is 4.49. The van der Waals surface area contributed by atoms with E-state index >= 15 is 0 Å². The van der Waals surface area contributed by atoms with Crippen molar-refractivity contribution in [1.29, 1.82) is 0 Å². The van der Waals surface area contributed by atoms with E-state index in [0.29, 0.717) is 25.1 Å². The molecular weight excluding hydrogens is 306 g/mol. The zero-order valence-electron chi connectivity index (χ0n) is 13.0. The summed E-state index contributed by atoms with van der Waals surface area (Å²) in [6.07, 6.45) is 5.36. The molecule has 3 heterocycles. The van der Waals surface area contributed by atoms with Gasteiger partial charge < -0.3 is 15.6 Å². The van der Waals surface area contributed by atoms with E-state index in [-0.39, 0.29) is 11.9 Å². The van der Waals surface area contributed by atoms with Crippen LogP contribution in [0.25, 0.3) is 10.9 Å². The Kier molecular flexibility index (Phi) is 3.34. The second-order valence-electron chi connectivity index (χ2n) is 6.06. The number of nitrogens with one attached hydrogen (secondary N) is 1. The number of hydrogen-bond acceptors (Lipinski definition) is 3. The maximum atomic E-state index is 12.4. The summed E-state index contributed by atoms with van der Waals surface area (Å²) in [7, 11) is 0. The Morgan fingerprint density at radius 2 is 2.08 bits per heavy atom. The molecule has 1 aromatic carbocycles. The van der Waals surface area contributed by atoms with Crippen LogP contribution < -0.4 is 5.73 Å². The van der Waals surface area contributed by atoms with Crippen LogP contribution in [0, 0.1) is 0 Å². The second-order valence-corrected chi connectivity index (χ2v) is 6.06. The average Bonchev–Trinajstić information content (AvgIpc) is 3.14. The number of H-pyrrole nitrogens is 1. The quantitative estimate of drug-likeness (QED) is 0.752. The van der Waals surface area contributed by atoms with E-state index in [1.165, 1.54) is 6.20 Å². The summed E-state index contributed by atoms with van der Waals surface area (Å²) in [5.74, 6) is -0.397. The third-order valence-electron chi connectivity index (χ3n) is 4.49. The van der Waals surface area contributed by atoms with Crippen molar-refractivity contribution < 1.29 is 9.59 Å². The molecule has 122 valence electrons. The van der Waals surface area contributed by atoms with Crippen molar-refractivity contribution in [2.24, 2.45) is 5.73 Å². The highest BCUT2D eigenvalue weighted by atomic mass is 16.2. The van der Waals surface area contributed by atoms with Gasteiger partial charge in [0.15, 0.2) is 0 Å². The summed E-state index contributed by atoms with van der Waals surface area (Å²) in [6.45, 7) is 1.20. The van der Waals surface area contributed by atoms with Crippen LogP contribution in [0.3, 0.4) is 0 Å². The van der Waals surface area contributed by atoms with Crippen molar-refractivity contribution in [2.75, 3.05) is 13.1 Å². The topological polar surface area (TPSA) is 97.0 Å². The molecule has 1 saturated heterocycles. The summed E-state index contributed by atoms with van der Waals surface area (Å²) >= 11 is 0. The molecule has 0 aliphatic carbocycles. The zero-order chi connectivity index (χ0) is 16.7. The maximum absolute atomic E-state index is 12.4. The minimum Gasteiger partial charge on any atom is -0.366 e. The number of rotatable bonds is 4. The number of nitrogens with two attached hydrogens (primary N) is 1. The van der Waals surface area contributed by atoms with Gasteiger partial charge in [-0.3, -0.25) is 14.3 Å². The van der Waals surface area contributed by atoms with Crippen molar-refractivity contribution in [3.63, 3.8) is 0 Å². The minimum atomic E-state index is -0.493. The molecule has 3 N–H and O–H groups in total. The van der Waals surface area contributed by atoms with Gasteiger partial charge in [0.1, 0.15) is 0 Å². The number of carbonyl (C=O) groups is 2. The second kappa shape index (κ2) is 5.52. The number of fused-ring (bicyclic) bond motifs is 1. The van der Waals surface area contributed by atoms with Crippen LogP contribution in [0.2, 0.25) is 0 Å². The first-order valence-corrected chi connectivity index (χ1v) is 7.78. The van der Waals surface area contributed by atoms with Crippen molar-refractivity contribution in [3.8, 4) is 0 Å². The number of hydrogen-bond donors (Lipinski definition) is 2. The fourth-order valence-corrected chi connectivity index (χ4v) is 3.04. The maximum Gasteiger partial charge on any atom is 0.251 e. The highest BCUT2D eigenvalue weighted by Crippen LogP contribution is 2.24. The summed E-state index contributed by atoms with van der Waals surface area (Å²) in [4.78, 5) is 28.5. The Hall–Kier alpha value is -3.09. The lowest BCUT2D eigenvalue weighted by Crippen LogP contribution is -2.51. The van der Waals surface area contributed by atoms with Crippen LogP contribution >= 0.6 is 0 Å². The highest BCUT2D eigenvalue weighted by Gasteiger charge is 2.32. The molecule has 3 aromatic rings. The van der Waals surface area contributed by atoms with Crippen LogP contribution in [-0.4, -0.2) is 44.6 Å². The summed E-state index contributed by atoms with van der Waals surface area (Å²) in [6, 6.07) is 8.05. The van der Waals surface area contributed by atoms with Gasteiger partial charge in [-0.25, -0.2) is 0 Å². The minimum absolute atomic E-state index is 0.0956. The van der Waals surface area contributed by atoms with Crippen molar-refractivity contribution >= 4 is 22.7 Å². The Bertz CT molecular complexity index is 920. The molecule has 0 bridgehead atoms. The SMILES string of the molecule is NC(=O)c1cnn(C2CN(C(=O)Cc3c[nH]c4ccccc34)C2)c1. The standard InChI is InChI=1S/C17H17N5O2/c18-17(24)12-7-20-22(8-12)13-9-21(10-13)16(23)5-11-6-19-15-4-2-1-3-14(11)15/h1-4,6-8,13,19H,5,9-10H2,(H2,18,24). The number of primary amides is 1. The van der Waals surface area contributed by atoms with Gasteiger partial charge in [-0.1, -0.05) is 18.2 Å². The normalized spacial score (nSPS) is 14.8. The van der Waals surface area contributed by atoms with E-state index < -0.39 is 5.91 Å². The van der Waals surface area contributed by atoms with Crippen molar-refractivity contribution in [1.82, 2.24) is 19.7 Å². The zero-order valence-corrected chi connectivity index (χ0v) is 13.0. The lowest BCUT2D eigenvalue weighted by molar-refractivity contribution is -0.136. The van der Waals surface area contributed by atoms with Gasteiger partial charge in [0.2, 0.25) is 5.91 Å². The molecular formula is C17H17N5O2. The number of aromatic nitrogens is 3. The first-order chi connectivity index (χ1) is 11.6. The molecule has 0 unspecified atom stereocenters. The number of likely N-dealkylation sites (tertiary alicyclic amines) is 1. The number of para-hydroxylation sites is 1. The van der Waals surface area contributed by atoms with Crippen LogP contribution in [0.5, 0.6) is 0 Å². The van der Waals surface area contributed by atoms with E-state index in [2.05, 4.69) is 10.1 Å². The number of benzene rings is 1. The monoisotopic (exact) mass is 323 g/mol. The average molecular weight is 323 g/mol. The highest BCUT2D eigenvalue weighted by molar-refractivity contribution is 5.92. The Balaban J connectivity index is 1.39. The smallest absolute Gasteiger partial charge is 0.251 e. The van der Waals surface area contributed by atoms with E-state index in [1.807, 2.05) is 30.5 Å².